The second kappa shape index (κ2) is 6.86. The molecule has 4 rings (SSSR count). The van der Waals surface area contributed by atoms with Crippen LogP contribution in [0.5, 0.6) is 0 Å². The first-order valence-corrected chi connectivity index (χ1v) is 8.64. The largest absolute Gasteiger partial charge is 0.361 e. The van der Waals surface area contributed by atoms with Gasteiger partial charge in [0.15, 0.2) is 5.82 Å². The van der Waals surface area contributed by atoms with Gasteiger partial charge >= 0.3 is 0 Å². The molecule has 0 aliphatic carbocycles. The molecule has 24 heavy (non-hydrogen) atoms. The molecule has 124 valence electrons. The van der Waals surface area contributed by atoms with Gasteiger partial charge in [0.25, 0.3) is 0 Å². The van der Waals surface area contributed by atoms with E-state index in [-0.39, 0.29) is 0 Å². The smallest absolute Gasteiger partial charge is 0.244 e. The number of nitrogens with zero attached hydrogens (tertiary/aromatic N) is 4. The molecule has 0 bridgehead atoms. The molecule has 0 spiro atoms. The van der Waals surface area contributed by atoms with Crippen LogP contribution in [0.1, 0.15) is 24.8 Å². The van der Waals surface area contributed by atoms with E-state index in [4.69, 9.17) is 0 Å². The predicted molar refractivity (Wildman–Crippen MR) is 96.4 cm³/mol. The van der Waals surface area contributed by atoms with E-state index in [2.05, 4.69) is 54.8 Å². The lowest BCUT2D eigenvalue weighted by atomic mass is 10.1. The Hall–Kier alpha value is -2.63. The average Bonchev–Trinajstić information content (AvgIpc) is 3.06. The summed E-state index contributed by atoms with van der Waals surface area (Å²) in [4.78, 5) is 10.2. The Morgan fingerprint density at radius 2 is 2.00 bits per heavy atom. The number of para-hydroxylation sites is 1. The van der Waals surface area contributed by atoms with Crippen LogP contribution in [0.15, 0.2) is 36.7 Å². The van der Waals surface area contributed by atoms with Crippen LogP contribution in [0.3, 0.4) is 0 Å². The van der Waals surface area contributed by atoms with E-state index < -0.39 is 0 Å². The fourth-order valence-corrected chi connectivity index (χ4v) is 3.29. The quantitative estimate of drug-likeness (QED) is 0.756. The van der Waals surface area contributed by atoms with Gasteiger partial charge in [-0.25, -0.2) is 0 Å². The summed E-state index contributed by atoms with van der Waals surface area (Å²) in [6.07, 6.45) is 8.53. The number of benzene rings is 1. The fraction of sp³-hybridized carbons (Fsp3) is 0.389. The van der Waals surface area contributed by atoms with Crippen molar-refractivity contribution in [3.05, 3.63) is 42.2 Å². The van der Waals surface area contributed by atoms with Crippen molar-refractivity contribution in [1.82, 2.24) is 20.2 Å². The Morgan fingerprint density at radius 1 is 1.12 bits per heavy atom. The Bertz CT molecular complexity index is 806. The zero-order valence-corrected chi connectivity index (χ0v) is 13.7. The molecule has 1 aliphatic heterocycles. The summed E-state index contributed by atoms with van der Waals surface area (Å²) in [7, 11) is 0. The topological polar surface area (TPSA) is 69.7 Å². The molecule has 3 heterocycles. The summed E-state index contributed by atoms with van der Waals surface area (Å²) >= 11 is 0. The van der Waals surface area contributed by atoms with Gasteiger partial charge in [-0.1, -0.05) is 18.2 Å². The number of aromatic amines is 1. The van der Waals surface area contributed by atoms with Gasteiger partial charge in [0.05, 0.1) is 6.20 Å². The molecule has 2 N–H and O–H groups in total. The fourth-order valence-electron chi connectivity index (χ4n) is 3.29. The molecular formula is C18H22N6. The Labute approximate surface area is 141 Å². The highest BCUT2D eigenvalue weighted by Gasteiger charge is 2.13. The molecule has 1 fully saturated rings. The number of hydrogen-bond acceptors (Lipinski definition) is 5. The van der Waals surface area contributed by atoms with Gasteiger partial charge in [-0.15, -0.1) is 5.10 Å². The summed E-state index contributed by atoms with van der Waals surface area (Å²) in [5.74, 6) is 1.54. The van der Waals surface area contributed by atoms with E-state index in [0.29, 0.717) is 5.95 Å². The van der Waals surface area contributed by atoms with E-state index in [9.17, 15) is 0 Å². The SMILES string of the molecule is c1ccc2c(CCNc3nncc(N4CCCCC4)n3)c[nH]c2c1. The van der Waals surface area contributed by atoms with Gasteiger partial charge in [-0.05, 0) is 37.3 Å². The van der Waals surface area contributed by atoms with E-state index in [0.717, 1.165) is 31.9 Å². The second-order valence-electron chi connectivity index (χ2n) is 6.22. The van der Waals surface area contributed by atoms with Crippen molar-refractivity contribution in [2.45, 2.75) is 25.7 Å². The summed E-state index contributed by atoms with van der Waals surface area (Å²) in [6, 6.07) is 8.37. The van der Waals surface area contributed by atoms with Crippen LogP contribution in [0.2, 0.25) is 0 Å². The van der Waals surface area contributed by atoms with Crippen molar-refractivity contribution in [2.24, 2.45) is 0 Å². The number of nitrogens with one attached hydrogen (secondary N) is 2. The van der Waals surface area contributed by atoms with Crippen LogP contribution in [0.25, 0.3) is 10.9 Å². The number of piperidine rings is 1. The predicted octanol–water partition coefficient (Wildman–Crippen LogP) is 3.00. The van der Waals surface area contributed by atoms with Gasteiger partial charge in [0.2, 0.25) is 5.95 Å². The highest BCUT2D eigenvalue weighted by Crippen LogP contribution is 2.19. The molecule has 1 saturated heterocycles. The first kappa shape index (κ1) is 14.9. The Balaban J connectivity index is 1.39. The standard InChI is InChI=1S/C18H22N6/c1-4-10-24(11-5-1)17-13-21-23-18(22-17)19-9-8-14-12-20-16-7-3-2-6-15(14)16/h2-3,6-7,12-13,20H,1,4-5,8-11H2,(H,19,22,23). The van der Waals surface area contributed by atoms with Crippen LogP contribution in [0, 0.1) is 0 Å². The second-order valence-corrected chi connectivity index (χ2v) is 6.22. The van der Waals surface area contributed by atoms with Gasteiger partial charge in [0, 0.05) is 36.7 Å². The summed E-state index contributed by atoms with van der Waals surface area (Å²) < 4.78 is 0. The minimum absolute atomic E-state index is 0.609. The summed E-state index contributed by atoms with van der Waals surface area (Å²) in [5, 5.41) is 12.8. The average molecular weight is 322 g/mol. The Kier molecular flexibility index (Phi) is 4.27. The maximum Gasteiger partial charge on any atom is 0.244 e. The molecule has 0 amide bonds. The maximum atomic E-state index is 4.61. The number of fused-ring (bicyclic) bond motifs is 1. The number of rotatable bonds is 5. The maximum absolute atomic E-state index is 4.61. The third-order valence-corrected chi connectivity index (χ3v) is 4.58. The molecule has 1 aliphatic rings. The summed E-state index contributed by atoms with van der Waals surface area (Å²) in [5.41, 5.74) is 2.48. The first-order valence-electron chi connectivity index (χ1n) is 8.64. The number of H-pyrrole nitrogens is 1. The summed E-state index contributed by atoms with van der Waals surface area (Å²) in [6.45, 7) is 2.91. The van der Waals surface area contributed by atoms with Crippen molar-refractivity contribution >= 4 is 22.7 Å². The molecule has 0 unspecified atom stereocenters. The molecule has 0 atom stereocenters. The molecule has 0 radical (unpaired) electrons. The van der Waals surface area contributed by atoms with Crippen LogP contribution >= 0.6 is 0 Å². The minimum atomic E-state index is 0.609. The third kappa shape index (κ3) is 3.18. The lowest BCUT2D eigenvalue weighted by molar-refractivity contribution is 0.572. The Morgan fingerprint density at radius 3 is 2.92 bits per heavy atom. The van der Waals surface area contributed by atoms with Gasteiger partial charge in [-0.3, -0.25) is 0 Å². The third-order valence-electron chi connectivity index (χ3n) is 4.58. The van der Waals surface area contributed by atoms with Gasteiger partial charge in [-0.2, -0.15) is 10.1 Å². The van der Waals surface area contributed by atoms with Crippen LogP contribution in [-0.2, 0) is 6.42 Å². The molecule has 2 aromatic heterocycles. The monoisotopic (exact) mass is 322 g/mol. The lowest BCUT2D eigenvalue weighted by Crippen LogP contribution is -2.30. The molecule has 1 aromatic carbocycles. The van der Waals surface area contributed by atoms with E-state index in [1.165, 1.54) is 35.7 Å². The van der Waals surface area contributed by atoms with E-state index in [1.54, 1.807) is 6.20 Å². The normalized spacial score (nSPS) is 14.9. The minimum Gasteiger partial charge on any atom is -0.361 e. The van der Waals surface area contributed by atoms with Crippen LogP contribution in [0.4, 0.5) is 11.8 Å². The molecule has 0 saturated carbocycles. The van der Waals surface area contributed by atoms with Crippen LogP contribution < -0.4 is 10.2 Å². The molecule has 6 heteroatoms. The molecule has 6 nitrogen and oxygen atoms in total. The number of aromatic nitrogens is 4. The van der Waals surface area contributed by atoms with E-state index in [1.807, 2.05) is 6.07 Å². The van der Waals surface area contributed by atoms with Crippen molar-refractivity contribution in [1.29, 1.82) is 0 Å². The van der Waals surface area contributed by atoms with Crippen molar-refractivity contribution in [3.63, 3.8) is 0 Å². The van der Waals surface area contributed by atoms with Gasteiger partial charge in [0.1, 0.15) is 0 Å². The molecular weight excluding hydrogens is 300 g/mol. The van der Waals surface area contributed by atoms with Crippen LogP contribution in [-0.4, -0.2) is 39.8 Å². The van der Waals surface area contributed by atoms with Crippen molar-refractivity contribution in [2.75, 3.05) is 29.9 Å². The highest BCUT2D eigenvalue weighted by molar-refractivity contribution is 5.83. The van der Waals surface area contributed by atoms with Gasteiger partial charge < -0.3 is 15.2 Å². The van der Waals surface area contributed by atoms with Crippen molar-refractivity contribution in [3.8, 4) is 0 Å². The molecule has 3 aromatic rings. The van der Waals surface area contributed by atoms with E-state index >= 15 is 0 Å². The highest BCUT2D eigenvalue weighted by atomic mass is 15.3. The lowest BCUT2D eigenvalue weighted by Gasteiger charge is -2.27. The first-order chi connectivity index (χ1) is 11.9. The zero-order valence-electron chi connectivity index (χ0n) is 13.7. The van der Waals surface area contributed by atoms with Crippen molar-refractivity contribution < 1.29 is 0 Å². The number of hydrogen-bond donors (Lipinski definition) is 2. The number of anilines is 2. The zero-order chi connectivity index (χ0) is 16.2.